The van der Waals surface area contributed by atoms with E-state index in [9.17, 15) is 5.11 Å². The molecule has 6 aromatic rings. The van der Waals surface area contributed by atoms with E-state index in [4.69, 9.17) is 0 Å². The Kier molecular flexibility index (Phi) is 9.42. The summed E-state index contributed by atoms with van der Waals surface area (Å²) in [6.45, 7) is 12.9. The fourth-order valence-corrected chi connectivity index (χ4v) is 5.21. The standard InChI is InChI=1S/C20H20N.C16H16N2O.Ir/c1-13(2)16-5-6-19-17(12-16)7-8-21-20(19)18-10-14(3)9-15(4)11-18;1-11(2)18-14-9-5-4-8-13(14)17-16(18)12-7-3-6-10-15(12)19;/h5-10,12-13H,1-4H3;3-11,19H,1-2H3;/q-1;;. The van der Waals surface area contributed by atoms with Crippen molar-refractivity contribution in [2.75, 3.05) is 0 Å². The van der Waals surface area contributed by atoms with Crippen molar-refractivity contribution in [2.24, 2.45) is 0 Å². The Bertz CT molecular complexity index is 1780. The summed E-state index contributed by atoms with van der Waals surface area (Å²) in [5, 5.41) is 12.5. The van der Waals surface area contributed by atoms with Gasteiger partial charge < -0.3 is 14.7 Å². The first-order chi connectivity index (χ1) is 19.2. The SMILES string of the molecule is CC(C)n1c(-c2ccccc2O)nc2ccccc21.Cc1[c-]c(-c2nccc3cc(C(C)C)ccc23)cc(C)c1.[Ir]. The maximum absolute atomic E-state index is 10.0. The fourth-order valence-electron chi connectivity index (χ4n) is 5.21. The number of aromatic hydroxyl groups is 1. The molecule has 1 N–H and O–H groups in total. The molecule has 1 radical (unpaired) electrons. The Hall–Kier alpha value is -3.79. The molecule has 0 saturated heterocycles. The van der Waals surface area contributed by atoms with Gasteiger partial charge in [0.2, 0.25) is 0 Å². The molecule has 211 valence electrons. The summed E-state index contributed by atoms with van der Waals surface area (Å²) >= 11 is 0. The smallest absolute Gasteiger partial charge is 0.145 e. The number of hydrogen-bond acceptors (Lipinski definition) is 3. The van der Waals surface area contributed by atoms with Crippen LogP contribution in [0.1, 0.15) is 56.3 Å². The number of para-hydroxylation sites is 3. The van der Waals surface area contributed by atoms with Crippen LogP contribution in [0.5, 0.6) is 5.75 Å². The van der Waals surface area contributed by atoms with Crippen LogP contribution in [0, 0.1) is 19.9 Å². The van der Waals surface area contributed by atoms with Crippen molar-refractivity contribution >= 4 is 21.8 Å². The van der Waals surface area contributed by atoms with Gasteiger partial charge in [-0.1, -0.05) is 70.2 Å². The molecule has 4 nitrogen and oxygen atoms in total. The third-order valence-corrected chi connectivity index (χ3v) is 7.12. The zero-order valence-corrected chi connectivity index (χ0v) is 26.8. The molecule has 0 spiro atoms. The van der Waals surface area contributed by atoms with E-state index in [1.807, 2.05) is 42.6 Å². The molecule has 0 amide bonds. The third kappa shape index (κ3) is 6.43. The van der Waals surface area contributed by atoms with Crippen LogP contribution in [-0.4, -0.2) is 19.6 Å². The maximum Gasteiger partial charge on any atom is 0.145 e. The van der Waals surface area contributed by atoms with Crippen molar-refractivity contribution in [3.8, 4) is 28.4 Å². The van der Waals surface area contributed by atoms with Crippen LogP contribution in [0.15, 0.2) is 91.1 Å². The molecule has 2 aromatic heterocycles. The average molecular weight is 719 g/mol. The minimum atomic E-state index is 0. The van der Waals surface area contributed by atoms with Crippen LogP contribution in [-0.2, 0) is 20.1 Å². The summed E-state index contributed by atoms with van der Waals surface area (Å²) in [6.07, 6.45) is 1.90. The van der Waals surface area contributed by atoms with E-state index in [1.165, 1.54) is 21.9 Å². The molecule has 0 saturated carbocycles. The minimum absolute atomic E-state index is 0. The maximum atomic E-state index is 10.0. The number of aromatic nitrogens is 3. The summed E-state index contributed by atoms with van der Waals surface area (Å²) in [6, 6.07) is 32.2. The normalized spacial score (nSPS) is 11.0. The third-order valence-electron chi connectivity index (χ3n) is 7.12. The van der Waals surface area contributed by atoms with E-state index in [0.717, 1.165) is 39.2 Å². The van der Waals surface area contributed by atoms with Gasteiger partial charge >= 0.3 is 0 Å². The molecule has 0 bridgehead atoms. The van der Waals surface area contributed by atoms with Crippen molar-refractivity contribution in [3.63, 3.8) is 0 Å². The second-order valence-electron chi connectivity index (χ2n) is 11.0. The molecular weight excluding hydrogens is 683 g/mol. The quantitative estimate of drug-likeness (QED) is 0.185. The van der Waals surface area contributed by atoms with Crippen LogP contribution >= 0.6 is 0 Å². The number of hydrogen-bond donors (Lipinski definition) is 1. The monoisotopic (exact) mass is 719 g/mol. The Labute approximate surface area is 256 Å². The van der Waals surface area contributed by atoms with E-state index < -0.39 is 0 Å². The number of nitrogens with zero attached hydrogens (tertiary/aromatic N) is 3. The Balaban J connectivity index is 0.000000185. The van der Waals surface area contributed by atoms with Crippen LogP contribution in [0.3, 0.4) is 0 Å². The van der Waals surface area contributed by atoms with E-state index in [0.29, 0.717) is 5.92 Å². The van der Waals surface area contributed by atoms with Crippen molar-refractivity contribution < 1.29 is 25.2 Å². The van der Waals surface area contributed by atoms with E-state index in [-0.39, 0.29) is 31.9 Å². The van der Waals surface area contributed by atoms with Gasteiger partial charge in [-0.3, -0.25) is 0 Å². The Morgan fingerprint density at radius 1 is 0.829 bits per heavy atom. The second kappa shape index (κ2) is 12.8. The number of benzene rings is 4. The number of phenolic OH excluding ortho intramolecular Hbond substituents is 1. The van der Waals surface area contributed by atoms with Crippen LogP contribution in [0.4, 0.5) is 0 Å². The first-order valence-electron chi connectivity index (χ1n) is 13.9. The Morgan fingerprint density at radius 3 is 2.27 bits per heavy atom. The number of rotatable bonds is 4. The number of phenols is 1. The van der Waals surface area contributed by atoms with Gasteiger partial charge in [0.25, 0.3) is 0 Å². The minimum Gasteiger partial charge on any atom is -0.507 e. The van der Waals surface area contributed by atoms with Crippen LogP contribution in [0.25, 0.3) is 44.5 Å². The first-order valence-corrected chi connectivity index (χ1v) is 13.9. The Morgan fingerprint density at radius 2 is 1.56 bits per heavy atom. The molecule has 0 aliphatic carbocycles. The molecule has 0 fully saturated rings. The molecule has 4 aromatic carbocycles. The summed E-state index contributed by atoms with van der Waals surface area (Å²) in [7, 11) is 0. The van der Waals surface area contributed by atoms with Gasteiger partial charge in [0.15, 0.2) is 0 Å². The summed E-state index contributed by atoms with van der Waals surface area (Å²) in [5.41, 5.74) is 8.69. The van der Waals surface area contributed by atoms with Crippen molar-refractivity contribution in [1.82, 2.24) is 14.5 Å². The number of aryl methyl sites for hydroxylation is 2. The van der Waals surface area contributed by atoms with Gasteiger partial charge in [-0.05, 0) is 72.1 Å². The average Bonchev–Trinajstić information content (AvgIpc) is 3.32. The number of pyridine rings is 1. The van der Waals surface area contributed by atoms with E-state index in [2.05, 4.69) is 105 Å². The van der Waals surface area contributed by atoms with E-state index >= 15 is 0 Å². The molecule has 2 heterocycles. The van der Waals surface area contributed by atoms with Gasteiger partial charge in [0.1, 0.15) is 11.6 Å². The van der Waals surface area contributed by atoms with Gasteiger partial charge in [-0.15, -0.1) is 34.9 Å². The summed E-state index contributed by atoms with van der Waals surface area (Å²) in [4.78, 5) is 9.27. The zero-order chi connectivity index (χ0) is 28.4. The molecule has 6 rings (SSSR count). The van der Waals surface area contributed by atoms with Gasteiger partial charge in [-0.25, -0.2) is 4.98 Å². The van der Waals surface area contributed by atoms with E-state index in [1.54, 1.807) is 6.07 Å². The van der Waals surface area contributed by atoms with Crippen LogP contribution < -0.4 is 0 Å². The molecular formula is C36H36IrN3O-. The molecule has 0 unspecified atom stereocenters. The van der Waals surface area contributed by atoms with Crippen molar-refractivity contribution in [2.45, 2.75) is 53.5 Å². The molecule has 0 aliphatic heterocycles. The predicted molar refractivity (Wildman–Crippen MR) is 167 cm³/mol. The summed E-state index contributed by atoms with van der Waals surface area (Å²) < 4.78 is 2.16. The molecule has 0 atom stereocenters. The largest absolute Gasteiger partial charge is 0.507 e. The fraction of sp³-hybridized carbons (Fsp3) is 0.222. The van der Waals surface area contributed by atoms with Crippen LogP contribution in [0.2, 0.25) is 0 Å². The van der Waals surface area contributed by atoms with Crippen molar-refractivity contribution in [1.29, 1.82) is 0 Å². The van der Waals surface area contributed by atoms with Gasteiger partial charge in [0, 0.05) is 32.3 Å². The molecule has 41 heavy (non-hydrogen) atoms. The molecule has 0 aliphatic rings. The van der Waals surface area contributed by atoms with Gasteiger partial charge in [-0.2, -0.15) is 0 Å². The van der Waals surface area contributed by atoms with Gasteiger partial charge in [0.05, 0.1) is 16.6 Å². The molecule has 5 heteroatoms. The first kappa shape index (κ1) is 30.2. The second-order valence-corrected chi connectivity index (χ2v) is 11.0. The topological polar surface area (TPSA) is 50.9 Å². The predicted octanol–water partition coefficient (Wildman–Crippen LogP) is 9.43. The van der Waals surface area contributed by atoms with Crippen molar-refractivity contribution in [3.05, 3.63) is 114 Å². The summed E-state index contributed by atoms with van der Waals surface area (Å²) in [5.74, 6) is 1.62. The zero-order valence-electron chi connectivity index (χ0n) is 24.4. The number of imidazole rings is 1. The number of fused-ring (bicyclic) bond motifs is 2.